The first-order valence-electron chi connectivity index (χ1n) is 4.05. The maximum absolute atomic E-state index is 13.0. The Kier molecular flexibility index (Phi) is 3.19. The quantitative estimate of drug-likeness (QED) is 0.754. The van der Waals surface area contributed by atoms with Gasteiger partial charge in [-0.05, 0) is 19.1 Å². The Bertz CT molecular complexity index is 289. The third-order valence-electron chi connectivity index (χ3n) is 1.69. The van der Waals surface area contributed by atoms with Gasteiger partial charge in [0.05, 0.1) is 5.69 Å². The number of benzene rings is 1. The summed E-state index contributed by atoms with van der Waals surface area (Å²) in [5.41, 5.74) is 5.62. The van der Waals surface area contributed by atoms with E-state index in [0.717, 1.165) is 6.07 Å². The Morgan fingerprint density at radius 1 is 1.46 bits per heavy atom. The Balaban J connectivity index is 2.77. The van der Waals surface area contributed by atoms with Crippen LogP contribution in [0.2, 0.25) is 0 Å². The molecule has 1 unspecified atom stereocenters. The van der Waals surface area contributed by atoms with Gasteiger partial charge in [-0.15, -0.1) is 0 Å². The topological polar surface area (TPSA) is 38.0 Å². The van der Waals surface area contributed by atoms with E-state index in [-0.39, 0.29) is 11.7 Å². The van der Waals surface area contributed by atoms with Crippen LogP contribution in [0.5, 0.6) is 0 Å². The third-order valence-corrected chi connectivity index (χ3v) is 1.69. The fourth-order valence-electron chi connectivity index (χ4n) is 0.931. The van der Waals surface area contributed by atoms with Crippen molar-refractivity contribution in [2.24, 2.45) is 5.73 Å². The summed E-state index contributed by atoms with van der Waals surface area (Å²) in [6.45, 7) is 2.22. The minimum absolute atomic E-state index is 0.0278. The van der Waals surface area contributed by atoms with Gasteiger partial charge in [0.25, 0.3) is 0 Å². The molecule has 0 amide bonds. The lowest BCUT2D eigenvalue weighted by Crippen LogP contribution is -2.25. The van der Waals surface area contributed by atoms with E-state index >= 15 is 0 Å². The highest BCUT2D eigenvalue weighted by atomic mass is 19.1. The number of nitrogens with two attached hydrogens (primary N) is 1. The number of rotatable bonds is 3. The van der Waals surface area contributed by atoms with Crippen molar-refractivity contribution in [1.82, 2.24) is 0 Å². The zero-order chi connectivity index (χ0) is 9.84. The van der Waals surface area contributed by atoms with Crippen LogP contribution in [-0.4, -0.2) is 12.6 Å². The molecule has 1 rings (SSSR count). The maximum atomic E-state index is 13.0. The summed E-state index contributed by atoms with van der Waals surface area (Å²) in [5, 5.41) is 2.82. The molecule has 0 aromatic heterocycles. The molecule has 0 saturated carbocycles. The molecular weight excluding hydrogens is 174 g/mol. The normalized spacial score (nSPS) is 12.6. The van der Waals surface area contributed by atoms with Crippen LogP contribution in [0.15, 0.2) is 18.2 Å². The molecule has 0 heterocycles. The van der Waals surface area contributed by atoms with Crippen LogP contribution in [0.25, 0.3) is 0 Å². The second-order valence-electron chi connectivity index (χ2n) is 2.91. The first-order chi connectivity index (χ1) is 6.13. The van der Waals surface area contributed by atoms with Crippen molar-refractivity contribution in [3.8, 4) is 0 Å². The molecule has 0 bridgehead atoms. The van der Waals surface area contributed by atoms with Crippen LogP contribution >= 0.6 is 0 Å². The van der Waals surface area contributed by atoms with Gasteiger partial charge in [-0.1, -0.05) is 0 Å². The van der Waals surface area contributed by atoms with Crippen molar-refractivity contribution in [3.63, 3.8) is 0 Å². The molecular formula is C9H12F2N2. The van der Waals surface area contributed by atoms with Crippen LogP contribution in [0.1, 0.15) is 6.92 Å². The number of halogens is 2. The second-order valence-corrected chi connectivity index (χ2v) is 2.91. The van der Waals surface area contributed by atoms with Crippen LogP contribution in [0.4, 0.5) is 14.5 Å². The van der Waals surface area contributed by atoms with Crippen molar-refractivity contribution in [1.29, 1.82) is 0 Å². The highest BCUT2D eigenvalue weighted by molar-refractivity contribution is 5.45. The van der Waals surface area contributed by atoms with Crippen molar-refractivity contribution in [2.45, 2.75) is 13.0 Å². The molecule has 1 aromatic rings. The summed E-state index contributed by atoms with van der Waals surface area (Å²) >= 11 is 0. The molecule has 0 fully saturated rings. The Hall–Kier alpha value is -1.16. The lowest BCUT2D eigenvalue weighted by atomic mass is 10.2. The number of hydrogen-bond donors (Lipinski definition) is 2. The monoisotopic (exact) mass is 186 g/mol. The summed E-state index contributed by atoms with van der Waals surface area (Å²) in [7, 11) is 0. The van der Waals surface area contributed by atoms with Crippen LogP contribution in [-0.2, 0) is 0 Å². The van der Waals surface area contributed by atoms with Gasteiger partial charge in [-0.25, -0.2) is 8.78 Å². The van der Waals surface area contributed by atoms with Gasteiger partial charge in [0.1, 0.15) is 11.6 Å². The average Bonchev–Trinajstić information content (AvgIpc) is 2.09. The molecule has 0 aliphatic carbocycles. The van der Waals surface area contributed by atoms with E-state index in [0.29, 0.717) is 6.54 Å². The summed E-state index contributed by atoms with van der Waals surface area (Å²) in [4.78, 5) is 0. The van der Waals surface area contributed by atoms with E-state index in [1.54, 1.807) is 0 Å². The molecule has 0 spiro atoms. The number of anilines is 1. The minimum Gasteiger partial charge on any atom is -0.379 e. The largest absolute Gasteiger partial charge is 0.379 e. The molecule has 0 radical (unpaired) electrons. The van der Waals surface area contributed by atoms with Crippen molar-refractivity contribution < 1.29 is 8.78 Å². The molecule has 2 nitrogen and oxygen atoms in total. The van der Waals surface area contributed by atoms with Gasteiger partial charge < -0.3 is 11.1 Å². The van der Waals surface area contributed by atoms with Gasteiger partial charge in [0, 0.05) is 18.7 Å². The molecule has 3 N–H and O–H groups in total. The third kappa shape index (κ3) is 2.66. The second kappa shape index (κ2) is 4.18. The summed E-state index contributed by atoms with van der Waals surface area (Å²) in [6, 6.07) is 3.37. The van der Waals surface area contributed by atoms with E-state index in [1.165, 1.54) is 12.1 Å². The van der Waals surface area contributed by atoms with Gasteiger partial charge >= 0.3 is 0 Å². The fourth-order valence-corrected chi connectivity index (χ4v) is 0.931. The first kappa shape index (κ1) is 9.92. The SMILES string of the molecule is CC(CN)Nc1ccc(F)cc1F. The van der Waals surface area contributed by atoms with Crippen LogP contribution < -0.4 is 11.1 Å². The van der Waals surface area contributed by atoms with Crippen LogP contribution in [0, 0.1) is 11.6 Å². The van der Waals surface area contributed by atoms with Crippen molar-refractivity contribution in [3.05, 3.63) is 29.8 Å². The van der Waals surface area contributed by atoms with Crippen molar-refractivity contribution in [2.75, 3.05) is 11.9 Å². The lowest BCUT2D eigenvalue weighted by molar-refractivity contribution is 0.583. The maximum Gasteiger partial charge on any atom is 0.149 e. The highest BCUT2D eigenvalue weighted by Gasteiger charge is 2.05. The molecule has 1 aromatic carbocycles. The zero-order valence-electron chi connectivity index (χ0n) is 7.35. The van der Waals surface area contributed by atoms with E-state index in [9.17, 15) is 8.78 Å². The van der Waals surface area contributed by atoms with Crippen LogP contribution in [0.3, 0.4) is 0 Å². The lowest BCUT2D eigenvalue weighted by Gasteiger charge is -2.13. The van der Waals surface area contributed by atoms with Gasteiger partial charge in [0.2, 0.25) is 0 Å². The molecule has 0 aliphatic heterocycles. The molecule has 0 saturated heterocycles. The Labute approximate surface area is 75.7 Å². The minimum atomic E-state index is -0.597. The summed E-state index contributed by atoms with van der Waals surface area (Å²) in [5.74, 6) is -1.18. The van der Waals surface area contributed by atoms with E-state index < -0.39 is 11.6 Å². The summed E-state index contributed by atoms with van der Waals surface area (Å²) in [6.07, 6.45) is 0. The fraction of sp³-hybridized carbons (Fsp3) is 0.333. The summed E-state index contributed by atoms with van der Waals surface area (Å²) < 4.78 is 25.5. The average molecular weight is 186 g/mol. The first-order valence-corrected chi connectivity index (χ1v) is 4.05. The molecule has 72 valence electrons. The molecule has 1 atom stereocenters. The Morgan fingerprint density at radius 2 is 2.15 bits per heavy atom. The smallest absolute Gasteiger partial charge is 0.149 e. The Morgan fingerprint density at radius 3 is 2.69 bits per heavy atom. The van der Waals surface area contributed by atoms with E-state index in [2.05, 4.69) is 5.32 Å². The van der Waals surface area contributed by atoms with Gasteiger partial charge in [-0.2, -0.15) is 0 Å². The standard InChI is InChI=1S/C9H12F2N2/c1-6(5-12)13-9-3-2-7(10)4-8(9)11/h2-4,6,13H,5,12H2,1H3. The predicted molar refractivity (Wildman–Crippen MR) is 48.5 cm³/mol. The molecule has 13 heavy (non-hydrogen) atoms. The van der Waals surface area contributed by atoms with Gasteiger partial charge in [0.15, 0.2) is 0 Å². The molecule has 4 heteroatoms. The highest BCUT2D eigenvalue weighted by Crippen LogP contribution is 2.15. The predicted octanol–water partition coefficient (Wildman–Crippen LogP) is 1.72. The number of hydrogen-bond acceptors (Lipinski definition) is 2. The van der Waals surface area contributed by atoms with E-state index in [4.69, 9.17) is 5.73 Å². The number of nitrogens with one attached hydrogen (secondary N) is 1. The molecule has 0 aliphatic rings. The zero-order valence-corrected chi connectivity index (χ0v) is 7.35. The van der Waals surface area contributed by atoms with Gasteiger partial charge in [-0.3, -0.25) is 0 Å². The van der Waals surface area contributed by atoms with E-state index in [1.807, 2.05) is 6.92 Å². The van der Waals surface area contributed by atoms with Crippen molar-refractivity contribution >= 4 is 5.69 Å².